The molecule has 1 aromatic carbocycles. The van der Waals surface area contributed by atoms with Crippen LogP contribution < -0.4 is 25.8 Å². The average molecular weight is 607 g/mol. The van der Waals surface area contributed by atoms with Crippen LogP contribution in [0.5, 0.6) is 11.9 Å². The average Bonchev–Trinajstić information content (AvgIpc) is 3.01. The van der Waals surface area contributed by atoms with Crippen LogP contribution in [0.15, 0.2) is 24.5 Å². The summed E-state index contributed by atoms with van der Waals surface area (Å²) >= 11 is 0. The van der Waals surface area contributed by atoms with Crippen molar-refractivity contribution in [1.82, 2.24) is 30.2 Å². The van der Waals surface area contributed by atoms with Crippen molar-refractivity contribution in [3.8, 4) is 23.1 Å². The van der Waals surface area contributed by atoms with E-state index < -0.39 is 57.5 Å². The largest absolute Gasteiger partial charge is 0.474 e. The predicted molar refractivity (Wildman–Crippen MR) is 151 cm³/mol. The van der Waals surface area contributed by atoms with Crippen molar-refractivity contribution < 1.29 is 31.4 Å². The summed E-state index contributed by atoms with van der Waals surface area (Å²) in [6.45, 7) is 7.94. The van der Waals surface area contributed by atoms with Gasteiger partial charge in [0.25, 0.3) is 0 Å². The van der Waals surface area contributed by atoms with E-state index in [-0.39, 0.29) is 29.7 Å². The summed E-state index contributed by atoms with van der Waals surface area (Å²) in [5.41, 5.74) is 0.931. The van der Waals surface area contributed by atoms with Crippen molar-refractivity contribution in [3.05, 3.63) is 53.1 Å². The lowest BCUT2D eigenvalue weighted by Crippen LogP contribution is -2.26. The molecule has 4 heterocycles. The van der Waals surface area contributed by atoms with Gasteiger partial charge >= 0.3 is 12.2 Å². The lowest BCUT2D eigenvalue weighted by Gasteiger charge is -2.21. The topological polar surface area (TPSA) is 133 Å². The molecule has 0 fully saturated rings. The first kappa shape index (κ1) is 31.5. The molecule has 3 aromatic heterocycles. The highest BCUT2D eigenvalue weighted by Crippen LogP contribution is 2.44. The first-order valence-corrected chi connectivity index (χ1v) is 13.6. The van der Waals surface area contributed by atoms with Crippen LogP contribution in [-0.2, 0) is 12.8 Å². The molecule has 4 aromatic rings. The number of nitrogens with two attached hydrogens (primary N) is 1. The lowest BCUT2D eigenvalue weighted by molar-refractivity contribution is -0.137. The van der Waals surface area contributed by atoms with E-state index >= 15 is 4.39 Å². The molecule has 10 nitrogen and oxygen atoms in total. The second-order valence-corrected chi connectivity index (χ2v) is 9.33. The summed E-state index contributed by atoms with van der Waals surface area (Å²) in [6, 6.07) is 2.03. The molecule has 5 rings (SSSR count). The number of pyridine rings is 1. The van der Waals surface area contributed by atoms with Crippen LogP contribution in [0.2, 0.25) is 0 Å². The molecule has 15 heteroatoms. The molecule has 43 heavy (non-hydrogen) atoms. The number of halogens is 5. The van der Waals surface area contributed by atoms with Crippen molar-refractivity contribution in [1.29, 1.82) is 0 Å². The number of alkyl halides is 3. The summed E-state index contributed by atoms with van der Waals surface area (Å²) in [4.78, 5) is 20.8. The van der Waals surface area contributed by atoms with E-state index in [1.807, 2.05) is 13.8 Å². The number of nitrogens with zero attached hydrogens (tertiary/aromatic N) is 5. The van der Waals surface area contributed by atoms with E-state index in [4.69, 9.17) is 15.2 Å². The maximum Gasteiger partial charge on any atom is 0.417 e. The Bertz CT molecular complexity index is 1590. The van der Waals surface area contributed by atoms with Crippen LogP contribution in [0, 0.1) is 18.6 Å². The first-order chi connectivity index (χ1) is 20.5. The number of ether oxygens (including phenoxy) is 2. The number of nitrogens with one attached hydrogen (secondary N) is 2. The Hall–Kier alpha value is -4.40. The van der Waals surface area contributed by atoms with Crippen LogP contribution in [0.4, 0.5) is 33.5 Å². The van der Waals surface area contributed by atoms with Crippen LogP contribution >= 0.6 is 0 Å². The minimum Gasteiger partial charge on any atom is -0.474 e. The number of benzene rings is 1. The van der Waals surface area contributed by atoms with Gasteiger partial charge in [-0.05, 0) is 44.5 Å². The van der Waals surface area contributed by atoms with Gasteiger partial charge < -0.3 is 25.8 Å². The molecular formula is C28H31F5N8O2. The standard InChI is InChI=1S/C26H25F5N8O2.C2H6/c1-12-4-7-33-8-9-36-23-17-22(38-25(39-23)40-11-16-34-5-3-6-35-16)20(28)21(37-24(17)41-12)14-10-15(32)19(27)13(2)18(14)26(29,30)31;1-2/h3,5-6,10,12,33H,4,7-9,11,32H2,1-2H3,(H,36,38,39);1-2H3. The SMILES string of the molecule is CC.Cc1c(F)c(N)cc(-c2nc3c4c(nc(OCc5ncccn5)nc4c2F)NCCNCCC(C)O3)c1C(F)(F)F. The second kappa shape index (κ2) is 13.3. The van der Waals surface area contributed by atoms with Gasteiger partial charge in [0.1, 0.15) is 28.2 Å². The number of anilines is 2. The van der Waals surface area contributed by atoms with Crippen molar-refractivity contribution in [2.75, 3.05) is 30.7 Å². The van der Waals surface area contributed by atoms with E-state index in [0.717, 1.165) is 6.92 Å². The van der Waals surface area contributed by atoms with Crippen molar-refractivity contribution in [2.45, 2.75) is 53.0 Å². The quantitative estimate of drug-likeness (QED) is 0.204. The third kappa shape index (κ3) is 6.82. The number of aromatic nitrogens is 5. The predicted octanol–water partition coefficient (Wildman–Crippen LogP) is 5.45. The van der Waals surface area contributed by atoms with E-state index in [2.05, 4.69) is 35.6 Å². The van der Waals surface area contributed by atoms with Gasteiger partial charge in [-0.2, -0.15) is 23.1 Å². The molecule has 1 aliphatic heterocycles. The lowest BCUT2D eigenvalue weighted by atomic mass is 9.96. The fourth-order valence-corrected chi connectivity index (χ4v) is 4.43. The normalized spacial score (nSPS) is 15.4. The van der Waals surface area contributed by atoms with Crippen LogP contribution in [0.1, 0.15) is 44.1 Å². The highest BCUT2D eigenvalue weighted by Gasteiger charge is 2.39. The monoisotopic (exact) mass is 606 g/mol. The molecule has 0 saturated carbocycles. The molecule has 0 radical (unpaired) electrons. The Balaban J connectivity index is 0.00000207. The van der Waals surface area contributed by atoms with Crippen molar-refractivity contribution >= 4 is 22.4 Å². The second-order valence-electron chi connectivity index (χ2n) is 9.33. The summed E-state index contributed by atoms with van der Waals surface area (Å²) in [5.74, 6) is -2.31. The molecule has 4 N–H and O–H groups in total. The van der Waals surface area contributed by atoms with Crippen molar-refractivity contribution in [2.24, 2.45) is 0 Å². The maximum absolute atomic E-state index is 16.3. The van der Waals surface area contributed by atoms with E-state index in [9.17, 15) is 17.6 Å². The molecule has 0 saturated heterocycles. The zero-order valence-electron chi connectivity index (χ0n) is 23.9. The highest BCUT2D eigenvalue weighted by atomic mass is 19.4. The van der Waals surface area contributed by atoms with Crippen LogP contribution in [0.3, 0.4) is 0 Å². The first-order valence-electron chi connectivity index (χ1n) is 13.6. The smallest absolute Gasteiger partial charge is 0.417 e. The maximum atomic E-state index is 16.3. The summed E-state index contributed by atoms with van der Waals surface area (Å²) in [7, 11) is 0. The van der Waals surface area contributed by atoms with Crippen molar-refractivity contribution in [3.63, 3.8) is 0 Å². The van der Waals surface area contributed by atoms with Gasteiger partial charge in [0.05, 0.1) is 17.4 Å². The fraction of sp³-hybridized carbons (Fsp3) is 0.393. The minimum absolute atomic E-state index is 0.00340. The molecule has 230 valence electrons. The molecule has 0 bridgehead atoms. The van der Waals surface area contributed by atoms with Gasteiger partial charge in [-0.25, -0.2) is 23.7 Å². The number of nitrogen functional groups attached to an aromatic ring is 1. The number of hydrogen-bond acceptors (Lipinski definition) is 10. The molecule has 0 aliphatic carbocycles. The van der Waals surface area contributed by atoms with E-state index in [0.29, 0.717) is 37.9 Å². The van der Waals surface area contributed by atoms with E-state index in [1.54, 1.807) is 13.0 Å². The van der Waals surface area contributed by atoms with E-state index in [1.165, 1.54) is 12.4 Å². The zero-order chi connectivity index (χ0) is 31.3. The molecule has 1 atom stereocenters. The van der Waals surface area contributed by atoms with Crippen LogP contribution in [0.25, 0.3) is 22.2 Å². The number of hydrogen-bond donors (Lipinski definition) is 3. The van der Waals surface area contributed by atoms with Gasteiger partial charge in [0.15, 0.2) is 18.2 Å². The molecule has 0 amide bonds. The zero-order valence-corrected chi connectivity index (χ0v) is 23.9. The Labute approximate surface area is 244 Å². The third-order valence-electron chi connectivity index (χ3n) is 6.38. The third-order valence-corrected chi connectivity index (χ3v) is 6.38. The Morgan fingerprint density at radius 3 is 2.47 bits per heavy atom. The molecule has 0 spiro atoms. The van der Waals surface area contributed by atoms with Gasteiger partial charge in [-0.15, -0.1) is 0 Å². The Morgan fingerprint density at radius 2 is 1.77 bits per heavy atom. The Morgan fingerprint density at radius 1 is 1.05 bits per heavy atom. The number of rotatable bonds is 4. The summed E-state index contributed by atoms with van der Waals surface area (Å²) in [5, 5.41) is 6.29. The molecular weight excluding hydrogens is 575 g/mol. The molecule has 1 aliphatic rings. The van der Waals surface area contributed by atoms with Gasteiger partial charge in [0, 0.05) is 31.0 Å². The van der Waals surface area contributed by atoms with Crippen LogP contribution in [-0.4, -0.2) is 50.7 Å². The van der Waals surface area contributed by atoms with Gasteiger partial charge in [-0.1, -0.05) is 13.8 Å². The summed E-state index contributed by atoms with van der Waals surface area (Å²) in [6.07, 6.45) is -2.01. The summed E-state index contributed by atoms with van der Waals surface area (Å²) < 4.78 is 85.1. The van der Waals surface area contributed by atoms with Gasteiger partial charge in [-0.3, -0.25) is 0 Å². The molecule has 1 unspecified atom stereocenters. The minimum atomic E-state index is -5.06. The fourth-order valence-electron chi connectivity index (χ4n) is 4.43. The van der Waals surface area contributed by atoms with Gasteiger partial charge in [0.2, 0.25) is 5.88 Å². The highest BCUT2D eigenvalue weighted by molar-refractivity contribution is 5.96. The Kier molecular flexibility index (Phi) is 9.73.